The Morgan fingerprint density at radius 2 is 2.00 bits per heavy atom. The van der Waals surface area contributed by atoms with E-state index in [4.69, 9.17) is 9.47 Å². The molecule has 0 rings (SSSR count). The third-order valence-electron chi connectivity index (χ3n) is 1.68. The first-order valence-corrected chi connectivity index (χ1v) is 5.56. The molecule has 0 bridgehead atoms. The molecule has 0 aromatic carbocycles. The maximum Gasteiger partial charge on any atom is 0.408 e. The second kappa shape index (κ2) is 6.93. The summed E-state index contributed by atoms with van der Waals surface area (Å²) in [6.45, 7) is 10.9. The predicted octanol–water partition coefficient (Wildman–Crippen LogP) is 2.02. The van der Waals surface area contributed by atoms with Gasteiger partial charge in [-0.25, -0.2) is 4.79 Å². The Kier molecular flexibility index (Phi) is 6.31. The number of rotatable bonds is 5. The molecule has 0 radical (unpaired) electrons. The lowest BCUT2D eigenvalue weighted by molar-refractivity contribution is -0.143. The second-order valence-corrected chi connectivity index (χ2v) is 4.50. The zero-order chi connectivity index (χ0) is 13.5. The molecule has 98 valence electrons. The molecule has 0 aliphatic carbocycles. The minimum absolute atomic E-state index is 0.0522. The average Bonchev–Trinajstić information content (AvgIpc) is 2.13. The van der Waals surface area contributed by atoms with E-state index in [2.05, 4.69) is 11.9 Å². The Hall–Kier alpha value is -1.52. The van der Waals surface area contributed by atoms with Gasteiger partial charge in [0.2, 0.25) is 0 Å². The summed E-state index contributed by atoms with van der Waals surface area (Å²) >= 11 is 0. The lowest BCUT2D eigenvalue weighted by Crippen LogP contribution is -2.39. The Bertz CT molecular complexity index is 281. The molecule has 17 heavy (non-hydrogen) atoms. The standard InChI is InChI=1S/C12H21NO4/c1-6-9(8-10(14)16-7-2)13-11(15)17-12(3,4)5/h6,9H,1,7-8H2,2-5H3,(H,13,15)/t9-/m1/s1. The number of alkyl carbamates (subject to hydrolysis) is 1. The molecule has 0 heterocycles. The van der Waals surface area contributed by atoms with Gasteiger partial charge in [-0.2, -0.15) is 0 Å². The van der Waals surface area contributed by atoms with Crippen molar-refractivity contribution in [2.24, 2.45) is 0 Å². The van der Waals surface area contributed by atoms with Crippen LogP contribution in [0.2, 0.25) is 0 Å². The van der Waals surface area contributed by atoms with Crippen LogP contribution in [-0.2, 0) is 14.3 Å². The van der Waals surface area contributed by atoms with E-state index in [1.54, 1.807) is 27.7 Å². The smallest absolute Gasteiger partial charge is 0.408 e. The molecule has 5 heteroatoms. The molecule has 0 unspecified atom stereocenters. The van der Waals surface area contributed by atoms with Crippen molar-refractivity contribution < 1.29 is 19.1 Å². The minimum Gasteiger partial charge on any atom is -0.466 e. The van der Waals surface area contributed by atoms with Crippen molar-refractivity contribution in [2.75, 3.05) is 6.61 Å². The van der Waals surface area contributed by atoms with Gasteiger partial charge in [0.1, 0.15) is 5.60 Å². The summed E-state index contributed by atoms with van der Waals surface area (Å²) < 4.78 is 9.84. The Labute approximate surface area is 102 Å². The molecule has 0 aliphatic rings. The van der Waals surface area contributed by atoms with E-state index in [0.717, 1.165) is 0 Å². The minimum atomic E-state index is -0.577. The van der Waals surface area contributed by atoms with Crippen LogP contribution in [0.15, 0.2) is 12.7 Å². The van der Waals surface area contributed by atoms with E-state index in [0.29, 0.717) is 6.61 Å². The first-order valence-electron chi connectivity index (χ1n) is 5.56. The summed E-state index contributed by atoms with van der Waals surface area (Å²) in [4.78, 5) is 22.7. The highest BCUT2D eigenvalue weighted by Crippen LogP contribution is 2.07. The van der Waals surface area contributed by atoms with Crippen molar-refractivity contribution in [3.63, 3.8) is 0 Å². The SMILES string of the molecule is C=C[C@H](CC(=O)OCC)NC(=O)OC(C)(C)C. The Balaban J connectivity index is 4.17. The van der Waals surface area contributed by atoms with Crippen LogP contribution in [-0.4, -0.2) is 30.3 Å². The highest BCUT2D eigenvalue weighted by Gasteiger charge is 2.19. The third kappa shape index (κ3) is 8.30. The quantitative estimate of drug-likeness (QED) is 0.592. The molecule has 0 aliphatic heterocycles. The van der Waals surface area contributed by atoms with E-state index in [-0.39, 0.29) is 12.4 Å². The number of esters is 1. The first kappa shape index (κ1) is 15.5. The number of carbonyl (C=O) groups is 2. The fraction of sp³-hybridized carbons (Fsp3) is 0.667. The second-order valence-electron chi connectivity index (χ2n) is 4.50. The van der Waals surface area contributed by atoms with Crippen molar-refractivity contribution >= 4 is 12.1 Å². The van der Waals surface area contributed by atoms with Crippen molar-refractivity contribution in [1.82, 2.24) is 5.32 Å². The van der Waals surface area contributed by atoms with Crippen LogP contribution in [0, 0.1) is 0 Å². The van der Waals surface area contributed by atoms with Gasteiger partial charge in [-0.1, -0.05) is 6.08 Å². The van der Waals surface area contributed by atoms with Crippen LogP contribution in [0.5, 0.6) is 0 Å². The molecule has 1 atom stereocenters. The molecule has 0 aromatic heterocycles. The summed E-state index contributed by atoms with van der Waals surface area (Å²) in [5.41, 5.74) is -0.570. The van der Waals surface area contributed by atoms with Gasteiger partial charge in [-0.3, -0.25) is 4.79 Å². The molecule has 0 aromatic rings. The number of nitrogens with one attached hydrogen (secondary N) is 1. The molecular formula is C12H21NO4. The Morgan fingerprint density at radius 3 is 2.41 bits per heavy atom. The lowest BCUT2D eigenvalue weighted by Gasteiger charge is -2.21. The predicted molar refractivity (Wildman–Crippen MR) is 64.6 cm³/mol. The molecular weight excluding hydrogens is 222 g/mol. The van der Waals surface area contributed by atoms with Gasteiger partial charge in [0, 0.05) is 0 Å². The molecule has 5 nitrogen and oxygen atoms in total. The van der Waals surface area contributed by atoms with Crippen LogP contribution in [0.4, 0.5) is 4.79 Å². The summed E-state index contributed by atoms with van der Waals surface area (Å²) in [5.74, 6) is -0.381. The fourth-order valence-electron chi connectivity index (χ4n) is 1.05. The van der Waals surface area contributed by atoms with Gasteiger partial charge >= 0.3 is 12.1 Å². The maximum atomic E-state index is 11.4. The van der Waals surface area contributed by atoms with E-state index in [9.17, 15) is 9.59 Å². The topological polar surface area (TPSA) is 64.6 Å². The normalized spacial score (nSPS) is 12.5. The fourth-order valence-corrected chi connectivity index (χ4v) is 1.05. The van der Waals surface area contributed by atoms with Crippen molar-refractivity contribution in [3.05, 3.63) is 12.7 Å². The van der Waals surface area contributed by atoms with Crippen LogP contribution in [0.3, 0.4) is 0 Å². The van der Waals surface area contributed by atoms with Crippen molar-refractivity contribution in [3.8, 4) is 0 Å². The first-order chi connectivity index (χ1) is 7.78. The van der Waals surface area contributed by atoms with E-state index in [1.807, 2.05) is 0 Å². The average molecular weight is 243 g/mol. The molecule has 0 spiro atoms. The van der Waals surface area contributed by atoms with Crippen LogP contribution < -0.4 is 5.32 Å². The van der Waals surface area contributed by atoms with Crippen LogP contribution >= 0.6 is 0 Å². The molecule has 0 fully saturated rings. The molecule has 0 saturated heterocycles. The van der Waals surface area contributed by atoms with Gasteiger partial charge in [0.05, 0.1) is 19.1 Å². The number of hydrogen-bond acceptors (Lipinski definition) is 4. The monoisotopic (exact) mass is 243 g/mol. The lowest BCUT2D eigenvalue weighted by atomic mass is 10.2. The number of amides is 1. The molecule has 1 N–H and O–H groups in total. The summed E-state index contributed by atoms with van der Waals surface area (Å²) in [5, 5.41) is 2.53. The van der Waals surface area contributed by atoms with Gasteiger partial charge < -0.3 is 14.8 Å². The van der Waals surface area contributed by atoms with Gasteiger partial charge in [0.25, 0.3) is 0 Å². The molecule has 0 saturated carbocycles. The number of ether oxygens (including phenoxy) is 2. The zero-order valence-corrected chi connectivity index (χ0v) is 10.9. The zero-order valence-electron chi connectivity index (χ0n) is 10.9. The van der Waals surface area contributed by atoms with E-state index < -0.39 is 17.7 Å². The maximum absolute atomic E-state index is 11.4. The summed E-state index contributed by atoms with van der Waals surface area (Å²) in [6, 6.07) is -0.483. The van der Waals surface area contributed by atoms with Crippen LogP contribution in [0.25, 0.3) is 0 Å². The van der Waals surface area contributed by atoms with Crippen LogP contribution in [0.1, 0.15) is 34.1 Å². The van der Waals surface area contributed by atoms with E-state index in [1.165, 1.54) is 6.08 Å². The van der Waals surface area contributed by atoms with E-state index >= 15 is 0 Å². The van der Waals surface area contributed by atoms with Gasteiger partial charge in [0.15, 0.2) is 0 Å². The third-order valence-corrected chi connectivity index (χ3v) is 1.68. The summed E-state index contributed by atoms with van der Waals surface area (Å²) in [7, 11) is 0. The summed E-state index contributed by atoms with van der Waals surface area (Å²) in [6.07, 6.45) is 0.948. The highest BCUT2D eigenvalue weighted by atomic mass is 16.6. The molecule has 1 amide bonds. The van der Waals surface area contributed by atoms with Gasteiger partial charge in [-0.05, 0) is 27.7 Å². The Morgan fingerprint density at radius 1 is 1.41 bits per heavy atom. The highest BCUT2D eigenvalue weighted by molar-refractivity contribution is 5.73. The van der Waals surface area contributed by atoms with Crippen molar-refractivity contribution in [1.29, 1.82) is 0 Å². The van der Waals surface area contributed by atoms with Gasteiger partial charge in [-0.15, -0.1) is 6.58 Å². The number of carbonyl (C=O) groups excluding carboxylic acids is 2. The number of hydrogen-bond donors (Lipinski definition) is 1. The van der Waals surface area contributed by atoms with Crippen molar-refractivity contribution in [2.45, 2.75) is 45.8 Å². The largest absolute Gasteiger partial charge is 0.466 e.